The van der Waals surface area contributed by atoms with E-state index in [1.165, 1.54) is 16.7 Å². The number of hydrogen-bond acceptors (Lipinski definition) is 4. The highest BCUT2D eigenvalue weighted by atomic mass is 16.5. The highest BCUT2D eigenvalue weighted by Gasteiger charge is 2.20. The van der Waals surface area contributed by atoms with E-state index in [-0.39, 0.29) is 0 Å². The van der Waals surface area contributed by atoms with Crippen LogP contribution in [0, 0.1) is 0 Å². The Labute approximate surface area is 190 Å². The number of anilines is 1. The number of nitrogens with one attached hydrogen (secondary N) is 1. The molecule has 32 heavy (non-hydrogen) atoms. The highest BCUT2D eigenvalue weighted by Crippen LogP contribution is 2.13. The molecule has 1 aliphatic heterocycles. The van der Waals surface area contributed by atoms with Gasteiger partial charge in [0.05, 0.1) is 13.2 Å². The largest absolute Gasteiger partial charge is 0.372 e. The van der Waals surface area contributed by atoms with E-state index in [1.54, 1.807) is 0 Å². The Morgan fingerprint density at radius 1 is 0.844 bits per heavy atom. The van der Waals surface area contributed by atoms with Gasteiger partial charge in [0.25, 0.3) is 0 Å². The van der Waals surface area contributed by atoms with Crippen LogP contribution in [0.3, 0.4) is 0 Å². The van der Waals surface area contributed by atoms with Crippen LogP contribution >= 0.6 is 0 Å². The first-order chi connectivity index (χ1) is 15.8. The van der Waals surface area contributed by atoms with Crippen molar-refractivity contribution >= 4 is 11.8 Å². The number of hydrogen-bond donors (Lipinski definition) is 1. The number of pyridine rings is 1. The normalized spacial score (nSPS) is 14.5. The lowest BCUT2D eigenvalue weighted by Crippen LogP contribution is -2.52. The maximum atomic E-state index is 5.83. The zero-order valence-corrected chi connectivity index (χ0v) is 18.7. The van der Waals surface area contributed by atoms with Crippen LogP contribution < -0.4 is 10.2 Å². The number of ether oxygens (including phenoxy) is 1. The van der Waals surface area contributed by atoms with Crippen molar-refractivity contribution in [3.8, 4) is 0 Å². The van der Waals surface area contributed by atoms with Crippen molar-refractivity contribution in [2.75, 3.05) is 38.1 Å². The molecule has 1 saturated heterocycles. The van der Waals surface area contributed by atoms with E-state index in [2.05, 4.69) is 67.6 Å². The number of rotatable bonds is 7. The smallest absolute Gasteiger partial charge is 0.194 e. The van der Waals surface area contributed by atoms with E-state index in [0.29, 0.717) is 13.2 Å². The number of benzene rings is 2. The zero-order valence-electron chi connectivity index (χ0n) is 18.7. The lowest BCUT2D eigenvalue weighted by Gasteiger charge is -2.37. The number of nitrogens with zero attached hydrogens (tertiary/aromatic N) is 4. The molecule has 0 saturated carbocycles. The summed E-state index contributed by atoms with van der Waals surface area (Å²) in [4.78, 5) is 13.6. The second kappa shape index (κ2) is 11.3. The summed E-state index contributed by atoms with van der Waals surface area (Å²) in [5.74, 6) is 1.99. The predicted octanol–water partition coefficient (Wildman–Crippen LogP) is 3.70. The monoisotopic (exact) mass is 429 g/mol. The Balaban J connectivity index is 1.21. The van der Waals surface area contributed by atoms with Gasteiger partial charge in [0.15, 0.2) is 5.96 Å². The fourth-order valence-corrected chi connectivity index (χ4v) is 3.82. The van der Waals surface area contributed by atoms with Gasteiger partial charge in [-0.1, -0.05) is 60.7 Å². The molecule has 1 aromatic heterocycles. The summed E-state index contributed by atoms with van der Waals surface area (Å²) < 4.78 is 5.83. The number of guanidine groups is 1. The second-order valence-electron chi connectivity index (χ2n) is 7.86. The molecular formula is C26H31N5O. The van der Waals surface area contributed by atoms with Crippen molar-refractivity contribution in [2.24, 2.45) is 4.99 Å². The van der Waals surface area contributed by atoms with E-state index < -0.39 is 0 Å². The first-order valence-corrected chi connectivity index (χ1v) is 11.1. The van der Waals surface area contributed by atoms with E-state index in [9.17, 15) is 0 Å². The van der Waals surface area contributed by atoms with E-state index in [0.717, 1.165) is 44.5 Å². The van der Waals surface area contributed by atoms with Crippen LogP contribution in [-0.2, 0) is 24.5 Å². The SMILES string of the molecule is CN=C(NCc1ccc(COCc2ccccc2)cc1)N1CCN(c2ccccn2)CC1. The van der Waals surface area contributed by atoms with Crippen LogP contribution in [0.15, 0.2) is 84.0 Å². The highest BCUT2D eigenvalue weighted by molar-refractivity contribution is 5.80. The van der Waals surface area contributed by atoms with Gasteiger partial charge in [-0.05, 0) is 28.8 Å². The van der Waals surface area contributed by atoms with Gasteiger partial charge in [0.1, 0.15) is 5.82 Å². The fraction of sp³-hybridized carbons (Fsp3) is 0.308. The fourth-order valence-electron chi connectivity index (χ4n) is 3.82. The number of piperazine rings is 1. The summed E-state index contributed by atoms with van der Waals surface area (Å²) in [6.07, 6.45) is 1.85. The minimum atomic E-state index is 0.616. The lowest BCUT2D eigenvalue weighted by molar-refractivity contribution is 0.107. The summed E-state index contributed by atoms with van der Waals surface area (Å²) >= 11 is 0. The Morgan fingerprint density at radius 2 is 1.50 bits per heavy atom. The van der Waals surface area contributed by atoms with E-state index >= 15 is 0 Å². The Kier molecular flexibility index (Phi) is 7.71. The van der Waals surface area contributed by atoms with E-state index in [1.807, 2.05) is 43.6 Å². The van der Waals surface area contributed by atoms with Gasteiger partial charge in [-0.25, -0.2) is 4.98 Å². The molecule has 166 valence electrons. The topological polar surface area (TPSA) is 53.0 Å². The van der Waals surface area contributed by atoms with Gasteiger partial charge >= 0.3 is 0 Å². The van der Waals surface area contributed by atoms with Crippen molar-refractivity contribution < 1.29 is 4.74 Å². The quantitative estimate of drug-likeness (QED) is 0.459. The first-order valence-electron chi connectivity index (χ1n) is 11.1. The van der Waals surface area contributed by atoms with Crippen molar-refractivity contribution in [3.63, 3.8) is 0 Å². The molecule has 0 amide bonds. The number of aliphatic imine (C=N–C) groups is 1. The molecule has 1 N–H and O–H groups in total. The second-order valence-corrected chi connectivity index (χ2v) is 7.86. The number of aromatic nitrogens is 1. The average molecular weight is 430 g/mol. The van der Waals surface area contributed by atoms with Gasteiger partial charge in [-0.3, -0.25) is 4.99 Å². The summed E-state index contributed by atoms with van der Waals surface area (Å²) in [6, 6.07) is 24.9. The molecule has 6 nitrogen and oxygen atoms in total. The molecule has 0 atom stereocenters. The molecule has 6 heteroatoms. The Hall–Kier alpha value is -3.38. The van der Waals surface area contributed by atoms with E-state index in [4.69, 9.17) is 4.74 Å². The lowest BCUT2D eigenvalue weighted by atomic mass is 10.1. The molecular weight excluding hydrogens is 398 g/mol. The molecule has 0 unspecified atom stereocenters. The van der Waals surface area contributed by atoms with Crippen LogP contribution in [0.2, 0.25) is 0 Å². The molecule has 1 fully saturated rings. The van der Waals surface area contributed by atoms with Crippen molar-refractivity contribution in [1.82, 2.24) is 15.2 Å². The Morgan fingerprint density at radius 3 is 2.16 bits per heavy atom. The van der Waals surface area contributed by atoms with Gasteiger partial charge in [0, 0.05) is 46.0 Å². The molecule has 3 aromatic rings. The third kappa shape index (κ3) is 6.08. The van der Waals surface area contributed by atoms with Gasteiger partial charge in [0.2, 0.25) is 0 Å². The minimum absolute atomic E-state index is 0.616. The molecule has 2 aromatic carbocycles. The van der Waals surface area contributed by atoms with Gasteiger partial charge < -0.3 is 19.9 Å². The van der Waals surface area contributed by atoms with Crippen LogP contribution in [0.1, 0.15) is 16.7 Å². The predicted molar refractivity (Wildman–Crippen MR) is 130 cm³/mol. The molecule has 0 spiro atoms. The van der Waals surface area contributed by atoms with Crippen molar-refractivity contribution in [1.29, 1.82) is 0 Å². The first kappa shape index (κ1) is 21.8. The van der Waals surface area contributed by atoms with Crippen LogP contribution in [0.25, 0.3) is 0 Å². The zero-order chi connectivity index (χ0) is 22.0. The molecule has 2 heterocycles. The minimum Gasteiger partial charge on any atom is -0.372 e. The van der Waals surface area contributed by atoms with Crippen molar-refractivity contribution in [2.45, 2.75) is 19.8 Å². The standard InChI is InChI=1S/C26H31N5O/c1-27-26(31-17-15-30(16-18-31)25-9-5-6-14-28-25)29-19-22-10-12-24(13-11-22)21-32-20-23-7-3-2-4-8-23/h2-14H,15-21H2,1H3,(H,27,29). The summed E-state index contributed by atoms with van der Waals surface area (Å²) in [5.41, 5.74) is 3.60. The third-order valence-electron chi connectivity index (χ3n) is 5.62. The summed E-state index contributed by atoms with van der Waals surface area (Å²) in [7, 11) is 1.85. The molecule has 1 aliphatic rings. The van der Waals surface area contributed by atoms with Gasteiger partial charge in [-0.2, -0.15) is 0 Å². The van der Waals surface area contributed by atoms with Crippen LogP contribution in [0.5, 0.6) is 0 Å². The molecule has 0 radical (unpaired) electrons. The van der Waals surface area contributed by atoms with Crippen LogP contribution in [0.4, 0.5) is 5.82 Å². The maximum Gasteiger partial charge on any atom is 0.194 e. The Bertz CT molecular complexity index is 968. The van der Waals surface area contributed by atoms with Crippen LogP contribution in [-0.4, -0.2) is 49.1 Å². The third-order valence-corrected chi connectivity index (χ3v) is 5.62. The maximum absolute atomic E-state index is 5.83. The molecule has 4 rings (SSSR count). The van der Waals surface area contributed by atoms with Gasteiger partial charge in [-0.15, -0.1) is 0 Å². The molecule has 0 aliphatic carbocycles. The summed E-state index contributed by atoms with van der Waals surface area (Å²) in [5, 5.41) is 3.50. The molecule has 0 bridgehead atoms. The summed E-state index contributed by atoms with van der Waals surface area (Å²) in [6.45, 7) is 5.73. The van der Waals surface area contributed by atoms with Crippen molar-refractivity contribution in [3.05, 3.63) is 95.7 Å². The average Bonchev–Trinajstić information content (AvgIpc) is 2.87.